The van der Waals surface area contributed by atoms with Crippen molar-refractivity contribution in [3.63, 3.8) is 0 Å². The average molecular weight is 287 g/mol. The Bertz CT molecular complexity index is 616. The lowest BCUT2D eigenvalue weighted by molar-refractivity contribution is 0.0940. The summed E-state index contributed by atoms with van der Waals surface area (Å²) in [4.78, 5) is 12.2. The largest absolute Gasteiger partial charge is 0.349 e. The molecule has 0 fully saturated rings. The van der Waals surface area contributed by atoms with Crippen LogP contribution in [0.1, 0.15) is 22.8 Å². The summed E-state index contributed by atoms with van der Waals surface area (Å²) < 4.78 is 13.6. The van der Waals surface area contributed by atoms with E-state index in [0.29, 0.717) is 6.42 Å². The second-order valence-corrected chi connectivity index (χ2v) is 4.87. The number of para-hydroxylation sites is 1. The Hall–Kier alpha value is -2.40. The van der Waals surface area contributed by atoms with Gasteiger partial charge in [-0.15, -0.1) is 0 Å². The first-order valence-electron chi connectivity index (χ1n) is 6.71. The topological polar surface area (TPSA) is 67.2 Å². The molecule has 2 aromatic rings. The van der Waals surface area contributed by atoms with Gasteiger partial charge in [0.15, 0.2) is 0 Å². The van der Waals surface area contributed by atoms with E-state index in [1.807, 2.05) is 37.3 Å². The van der Waals surface area contributed by atoms with Gasteiger partial charge in [0.05, 0.1) is 11.3 Å². The van der Waals surface area contributed by atoms with E-state index in [1.54, 1.807) is 0 Å². The van der Waals surface area contributed by atoms with E-state index in [1.165, 1.54) is 18.2 Å². The van der Waals surface area contributed by atoms with Gasteiger partial charge in [0.25, 0.3) is 5.91 Å². The van der Waals surface area contributed by atoms with Crippen molar-refractivity contribution >= 4 is 11.6 Å². The standard InChI is InChI=1S/C16H18FN3O/c1-11(10-12-6-3-2-4-7-12)19-16(21)13-8-5-9-14(17)15(13)20-18/h2-9,11,20H,10,18H2,1H3,(H,19,21). The minimum Gasteiger partial charge on any atom is -0.349 e. The number of carbonyl (C=O) groups is 1. The van der Waals surface area contributed by atoms with Crippen LogP contribution < -0.4 is 16.6 Å². The van der Waals surface area contributed by atoms with Gasteiger partial charge < -0.3 is 10.7 Å². The molecule has 2 rings (SSSR count). The van der Waals surface area contributed by atoms with Gasteiger partial charge in [-0.25, -0.2) is 4.39 Å². The molecule has 0 aliphatic carbocycles. The smallest absolute Gasteiger partial charge is 0.253 e. The number of hydrogen-bond donors (Lipinski definition) is 3. The first kappa shape index (κ1) is 15.0. The monoisotopic (exact) mass is 287 g/mol. The first-order valence-corrected chi connectivity index (χ1v) is 6.71. The van der Waals surface area contributed by atoms with Crippen molar-refractivity contribution in [1.29, 1.82) is 0 Å². The van der Waals surface area contributed by atoms with Crippen LogP contribution in [0.5, 0.6) is 0 Å². The molecule has 4 nitrogen and oxygen atoms in total. The third-order valence-electron chi connectivity index (χ3n) is 3.16. The zero-order valence-corrected chi connectivity index (χ0v) is 11.8. The molecular formula is C16H18FN3O. The molecule has 0 aliphatic heterocycles. The normalized spacial score (nSPS) is 11.8. The van der Waals surface area contributed by atoms with E-state index in [2.05, 4.69) is 10.7 Å². The van der Waals surface area contributed by atoms with Crippen molar-refractivity contribution in [2.24, 2.45) is 5.84 Å². The minimum absolute atomic E-state index is 0.00177. The van der Waals surface area contributed by atoms with Crippen molar-refractivity contribution < 1.29 is 9.18 Å². The molecule has 0 heterocycles. The molecule has 0 saturated heterocycles. The maximum Gasteiger partial charge on any atom is 0.253 e. The predicted molar refractivity (Wildman–Crippen MR) is 81.3 cm³/mol. The number of nitrogens with two attached hydrogens (primary N) is 1. The lowest BCUT2D eigenvalue weighted by atomic mass is 10.1. The van der Waals surface area contributed by atoms with Crippen LogP contribution in [0.15, 0.2) is 48.5 Å². The number of nitrogens with one attached hydrogen (secondary N) is 2. The average Bonchev–Trinajstić information content (AvgIpc) is 2.47. The van der Waals surface area contributed by atoms with Crippen molar-refractivity contribution in [2.75, 3.05) is 5.43 Å². The summed E-state index contributed by atoms with van der Waals surface area (Å²) in [6.45, 7) is 1.90. The number of carbonyl (C=O) groups excluding carboxylic acids is 1. The van der Waals surface area contributed by atoms with Crippen molar-refractivity contribution in [2.45, 2.75) is 19.4 Å². The maximum absolute atomic E-state index is 13.6. The van der Waals surface area contributed by atoms with Crippen LogP contribution in [-0.4, -0.2) is 11.9 Å². The fourth-order valence-electron chi connectivity index (χ4n) is 2.18. The quantitative estimate of drug-likeness (QED) is 0.584. The Morgan fingerprint density at radius 3 is 2.57 bits per heavy atom. The Morgan fingerprint density at radius 2 is 1.90 bits per heavy atom. The van der Waals surface area contributed by atoms with Crippen LogP contribution in [0.2, 0.25) is 0 Å². The SMILES string of the molecule is CC(Cc1ccccc1)NC(=O)c1cccc(F)c1NN. The molecule has 4 N–H and O–H groups in total. The highest BCUT2D eigenvalue weighted by atomic mass is 19.1. The summed E-state index contributed by atoms with van der Waals surface area (Å²) in [6.07, 6.45) is 0.702. The molecule has 1 atom stereocenters. The van der Waals surface area contributed by atoms with Gasteiger partial charge in [-0.3, -0.25) is 10.6 Å². The van der Waals surface area contributed by atoms with E-state index in [-0.39, 0.29) is 23.2 Å². The van der Waals surface area contributed by atoms with E-state index in [0.717, 1.165) is 5.56 Å². The first-order chi connectivity index (χ1) is 10.1. The van der Waals surface area contributed by atoms with Crippen molar-refractivity contribution in [3.8, 4) is 0 Å². The van der Waals surface area contributed by atoms with Crippen molar-refractivity contribution in [1.82, 2.24) is 5.32 Å². The van der Waals surface area contributed by atoms with Gasteiger partial charge in [-0.05, 0) is 31.0 Å². The molecule has 0 aromatic heterocycles. The molecule has 0 spiro atoms. The lowest BCUT2D eigenvalue weighted by Crippen LogP contribution is -2.34. The molecule has 2 aromatic carbocycles. The van der Waals surface area contributed by atoms with Gasteiger partial charge in [0, 0.05) is 6.04 Å². The maximum atomic E-state index is 13.6. The second-order valence-electron chi connectivity index (χ2n) is 4.87. The molecule has 1 unspecified atom stereocenters. The number of nitrogen functional groups attached to an aromatic ring is 1. The zero-order valence-electron chi connectivity index (χ0n) is 11.8. The fourth-order valence-corrected chi connectivity index (χ4v) is 2.18. The Morgan fingerprint density at radius 1 is 1.19 bits per heavy atom. The third-order valence-corrected chi connectivity index (χ3v) is 3.16. The van der Waals surface area contributed by atoms with Gasteiger partial charge in [0.2, 0.25) is 0 Å². The number of hydrazine groups is 1. The lowest BCUT2D eigenvalue weighted by Gasteiger charge is -2.16. The van der Waals surface area contributed by atoms with E-state index >= 15 is 0 Å². The van der Waals surface area contributed by atoms with Crippen LogP contribution in [0.3, 0.4) is 0 Å². The Labute approximate surface area is 123 Å². The number of hydrogen-bond acceptors (Lipinski definition) is 3. The van der Waals surface area contributed by atoms with Crippen LogP contribution in [0, 0.1) is 5.82 Å². The molecule has 1 amide bonds. The fraction of sp³-hybridized carbons (Fsp3) is 0.188. The summed E-state index contributed by atoms with van der Waals surface area (Å²) in [5.41, 5.74) is 3.55. The summed E-state index contributed by atoms with van der Waals surface area (Å²) in [5, 5.41) is 2.85. The van der Waals surface area contributed by atoms with Crippen LogP contribution in [0.25, 0.3) is 0 Å². The summed E-state index contributed by atoms with van der Waals surface area (Å²) in [5.74, 6) is 4.36. The van der Waals surface area contributed by atoms with Gasteiger partial charge in [-0.2, -0.15) is 0 Å². The van der Waals surface area contributed by atoms with Crippen LogP contribution in [-0.2, 0) is 6.42 Å². The molecule has 0 bridgehead atoms. The van der Waals surface area contributed by atoms with Crippen LogP contribution >= 0.6 is 0 Å². The van der Waals surface area contributed by atoms with Gasteiger partial charge >= 0.3 is 0 Å². The number of halogens is 1. The van der Waals surface area contributed by atoms with E-state index in [4.69, 9.17) is 5.84 Å². The molecular weight excluding hydrogens is 269 g/mol. The van der Waals surface area contributed by atoms with Crippen molar-refractivity contribution in [3.05, 3.63) is 65.5 Å². The van der Waals surface area contributed by atoms with Gasteiger partial charge in [0.1, 0.15) is 5.82 Å². The Balaban J connectivity index is 2.06. The summed E-state index contributed by atoms with van der Waals surface area (Å²) in [7, 11) is 0. The number of benzene rings is 2. The minimum atomic E-state index is -0.555. The number of anilines is 1. The van der Waals surface area contributed by atoms with E-state index in [9.17, 15) is 9.18 Å². The molecule has 0 aliphatic rings. The molecule has 5 heteroatoms. The molecule has 21 heavy (non-hydrogen) atoms. The third kappa shape index (κ3) is 3.79. The summed E-state index contributed by atoms with van der Waals surface area (Å²) in [6, 6.07) is 14.0. The predicted octanol–water partition coefficient (Wildman–Crippen LogP) is 2.47. The number of amides is 1. The van der Waals surface area contributed by atoms with Gasteiger partial charge in [-0.1, -0.05) is 36.4 Å². The highest BCUT2D eigenvalue weighted by Gasteiger charge is 2.16. The molecule has 0 saturated carbocycles. The Kier molecular flexibility index (Phi) is 4.90. The van der Waals surface area contributed by atoms with E-state index < -0.39 is 5.82 Å². The molecule has 110 valence electrons. The summed E-state index contributed by atoms with van der Waals surface area (Å²) >= 11 is 0. The zero-order chi connectivity index (χ0) is 15.2. The second kappa shape index (κ2) is 6.85. The highest BCUT2D eigenvalue weighted by molar-refractivity contribution is 5.99. The molecule has 0 radical (unpaired) electrons. The number of rotatable bonds is 5. The highest BCUT2D eigenvalue weighted by Crippen LogP contribution is 2.18. The van der Waals surface area contributed by atoms with Crippen LogP contribution in [0.4, 0.5) is 10.1 Å².